The van der Waals surface area contributed by atoms with E-state index < -0.39 is 0 Å². The number of nitrogens with two attached hydrogens (primary N) is 1. The Kier molecular flexibility index (Phi) is 4.46. The molecule has 3 heteroatoms. The molecule has 102 valence electrons. The van der Waals surface area contributed by atoms with Gasteiger partial charge in [0, 0.05) is 24.2 Å². The molecule has 2 rings (SSSR count). The summed E-state index contributed by atoms with van der Waals surface area (Å²) in [7, 11) is 2.20. The summed E-state index contributed by atoms with van der Waals surface area (Å²) in [6.45, 7) is 4.05. The maximum atomic E-state index is 6.12. The molecule has 1 saturated carbocycles. The Morgan fingerprint density at radius 1 is 1.44 bits per heavy atom. The van der Waals surface area contributed by atoms with E-state index in [1.807, 2.05) is 12.3 Å². The van der Waals surface area contributed by atoms with Crippen molar-refractivity contribution >= 4 is 0 Å². The minimum atomic E-state index is 0.183. The summed E-state index contributed by atoms with van der Waals surface area (Å²) in [6, 6.07) is 2.04. The van der Waals surface area contributed by atoms with Gasteiger partial charge >= 0.3 is 0 Å². The summed E-state index contributed by atoms with van der Waals surface area (Å²) in [4.78, 5) is 2.44. The van der Waals surface area contributed by atoms with E-state index in [2.05, 4.69) is 18.9 Å². The summed E-state index contributed by atoms with van der Waals surface area (Å²) in [6.07, 6.45) is 9.97. The zero-order valence-corrected chi connectivity index (χ0v) is 11.7. The van der Waals surface area contributed by atoms with E-state index in [1.54, 1.807) is 6.26 Å². The quantitative estimate of drug-likeness (QED) is 0.835. The third-order valence-corrected chi connectivity index (χ3v) is 4.63. The summed E-state index contributed by atoms with van der Waals surface area (Å²) in [5.41, 5.74) is 7.54. The second-order valence-corrected chi connectivity index (χ2v) is 5.95. The van der Waals surface area contributed by atoms with Crippen LogP contribution in [0.3, 0.4) is 0 Å². The molecule has 1 aromatic heterocycles. The fourth-order valence-corrected chi connectivity index (χ4v) is 3.13. The van der Waals surface area contributed by atoms with E-state index >= 15 is 0 Å². The van der Waals surface area contributed by atoms with Gasteiger partial charge in [0.2, 0.25) is 0 Å². The number of likely N-dealkylation sites (N-methyl/N-ethyl adjacent to an activating group) is 1. The van der Waals surface area contributed by atoms with Gasteiger partial charge in [0.25, 0.3) is 0 Å². The number of rotatable bonds is 4. The zero-order chi connectivity index (χ0) is 13.0. The van der Waals surface area contributed by atoms with Crippen LogP contribution in [0.5, 0.6) is 0 Å². The number of nitrogens with zero attached hydrogens (tertiary/aromatic N) is 1. The lowest BCUT2D eigenvalue weighted by atomic mass is 9.88. The molecule has 1 aromatic rings. The molecule has 1 aliphatic carbocycles. The molecule has 2 atom stereocenters. The Morgan fingerprint density at radius 3 is 2.94 bits per heavy atom. The van der Waals surface area contributed by atoms with Crippen molar-refractivity contribution in [2.45, 2.75) is 51.1 Å². The number of hydrogen-bond donors (Lipinski definition) is 1. The molecule has 0 saturated heterocycles. The summed E-state index contributed by atoms with van der Waals surface area (Å²) >= 11 is 0. The second-order valence-electron chi connectivity index (χ2n) is 5.95. The van der Waals surface area contributed by atoms with E-state index in [0.717, 1.165) is 19.0 Å². The van der Waals surface area contributed by atoms with Gasteiger partial charge in [-0.05, 0) is 38.3 Å². The van der Waals surface area contributed by atoms with Crippen molar-refractivity contribution < 1.29 is 4.42 Å². The van der Waals surface area contributed by atoms with Gasteiger partial charge in [-0.3, -0.25) is 4.90 Å². The largest absolute Gasteiger partial charge is 0.472 e. The van der Waals surface area contributed by atoms with Crippen LogP contribution in [0.4, 0.5) is 0 Å². The minimum Gasteiger partial charge on any atom is -0.472 e. The Labute approximate surface area is 110 Å². The van der Waals surface area contributed by atoms with Gasteiger partial charge in [0.15, 0.2) is 0 Å². The lowest BCUT2D eigenvalue weighted by Gasteiger charge is -2.41. The Morgan fingerprint density at radius 2 is 2.28 bits per heavy atom. The second kappa shape index (κ2) is 5.89. The van der Waals surface area contributed by atoms with E-state index in [-0.39, 0.29) is 5.54 Å². The van der Waals surface area contributed by atoms with Crippen molar-refractivity contribution in [3.63, 3.8) is 0 Å². The Balaban J connectivity index is 2.05. The SMILES string of the molecule is CC1CCCC(CN)(N(C)Cc2ccoc2)CC1. The normalized spacial score (nSPS) is 29.4. The molecule has 0 aromatic carbocycles. The van der Waals surface area contributed by atoms with Crippen molar-refractivity contribution in [2.75, 3.05) is 13.6 Å². The molecule has 0 bridgehead atoms. The minimum absolute atomic E-state index is 0.183. The van der Waals surface area contributed by atoms with Crippen LogP contribution in [0.25, 0.3) is 0 Å². The number of furan rings is 1. The smallest absolute Gasteiger partial charge is 0.0947 e. The maximum Gasteiger partial charge on any atom is 0.0947 e. The average molecular weight is 250 g/mol. The molecule has 3 nitrogen and oxygen atoms in total. The Bertz CT molecular complexity index is 349. The highest BCUT2D eigenvalue weighted by atomic mass is 16.3. The molecule has 2 N–H and O–H groups in total. The van der Waals surface area contributed by atoms with Gasteiger partial charge in [0.1, 0.15) is 0 Å². The highest BCUT2D eigenvalue weighted by Gasteiger charge is 2.34. The lowest BCUT2D eigenvalue weighted by Crippen LogP contribution is -2.51. The maximum absolute atomic E-state index is 6.12. The van der Waals surface area contributed by atoms with Crippen LogP contribution >= 0.6 is 0 Å². The molecule has 18 heavy (non-hydrogen) atoms. The zero-order valence-electron chi connectivity index (χ0n) is 11.7. The first-order chi connectivity index (χ1) is 8.66. The van der Waals surface area contributed by atoms with Crippen molar-refractivity contribution in [2.24, 2.45) is 11.7 Å². The molecule has 2 unspecified atom stereocenters. The topological polar surface area (TPSA) is 42.4 Å². The molecule has 0 amide bonds. The van der Waals surface area contributed by atoms with E-state index in [4.69, 9.17) is 10.2 Å². The average Bonchev–Trinajstić information content (AvgIpc) is 2.78. The van der Waals surface area contributed by atoms with Crippen LogP contribution in [0.2, 0.25) is 0 Å². The van der Waals surface area contributed by atoms with E-state index in [9.17, 15) is 0 Å². The first kappa shape index (κ1) is 13.6. The van der Waals surface area contributed by atoms with Gasteiger partial charge in [-0.15, -0.1) is 0 Å². The summed E-state index contributed by atoms with van der Waals surface area (Å²) in [5.74, 6) is 0.848. The van der Waals surface area contributed by atoms with Crippen LogP contribution in [0.15, 0.2) is 23.0 Å². The highest BCUT2D eigenvalue weighted by molar-refractivity contribution is 5.06. The molecule has 1 fully saturated rings. The third kappa shape index (κ3) is 2.96. The van der Waals surface area contributed by atoms with Gasteiger partial charge in [-0.25, -0.2) is 0 Å². The predicted octanol–water partition coefficient (Wildman–Crippen LogP) is 3.01. The van der Waals surface area contributed by atoms with Crippen molar-refractivity contribution in [3.05, 3.63) is 24.2 Å². The fraction of sp³-hybridized carbons (Fsp3) is 0.733. The molecule has 1 aliphatic rings. The molecule has 1 heterocycles. The molecule has 0 radical (unpaired) electrons. The lowest BCUT2D eigenvalue weighted by molar-refractivity contribution is 0.0985. The first-order valence-corrected chi connectivity index (χ1v) is 7.09. The van der Waals surface area contributed by atoms with Crippen LogP contribution in [0, 0.1) is 5.92 Å². The molecular weight excluding hydrogens is 224 g/mol. The first-order valence-electron chi connectivity index (χ1n) is 7.09. The molecule has 0 spiro atoms. The standard InChI is InChI=1S/C15H26N2O/c1-13-4-3-7-15(12-16,8-5-13)17(2)10-14-6-9-18-11-14/h6,9,11,13H,3-5,7-8,10,12,16H2,1-2H3. The van der Waals surface area contributed by atoms with Crippen LogP contribution in [-0.4, -0.2) is 24.0 Å². The molecule has 0 aliphatic heterocycles. The van der Waals surface area contributed by atoms with Gasteiger partial charge in [-0.1, -0.05) is 19.8 Å². The van der Waals surface area contributed by atoms with Gasteiger partial charge in [-0.2, -0.15) is 0 Å². The predicted molar refractivity (Wildman–Crippen MR) is 74.2 cm³/mol. The summed E-state index contributed by atoms with van der Waals surface area (Å²) in [5, 5.41) is 0. The molecular formula is C15H26N2O. The third-order valence-electron chi connectivity index (χ3n) is 4.63. The van der Waals surface area contributed by atoms with E-state index in [0.29, 0.717) is 0 Å². The van der Waals surface area contributed by atoms with Crippen LogP contribution < -0.4 is 5.73 Å². The summed E-state index contributed by atoms with van der Waals surface area (Å²) < 4.78 is 5.15. The Hall–Kier alpha value is -0.800. The van der Waals surface area contributed by atoms with Gasteiger partial charge < -0.3 is 10.2 Å². The van der Waals surface area contributed by atoms with Crippen molar-refractivity contribution in [1.82, 2.24) is 4.90 Å². The fourth-order valence-electron chi connectivity index (χ4n) is 3.13. The van der Waals surface area contributed by atoms with Gasteiger partial charge in [0.05, 0.1) is 12.5 Å². The van der Waals surface area contributed by atoms with E-state index in [1.165, 1.54) is 37.7 Å². The van der Waals surface area contributed by atoms with Crippen LogP contribution in [0.1, 0.15) is 44.6 Å². The highest BCUT2D eigenvalue weighted by Crippen LogP contribution is 2.34. The van der Waals surface area contributed by atoms with Crippen LogP contribution in [-0.2, 0) is 6.54 Å². The number of hydrogen-bond acceptors (Lipinski definition) is 3. The van der Waals surface area contributed by atoms with Crippen molar-refractivity contribution in [3.8, 4) is 0 Å². The van der Waals surface area contributed by atoms with Crippen molar-refractivity contribution in [1.29, 1.82) is 0 Å². The monoisotopic (exact) mass is 250 g/mol.